The first-order valence-corrected chi connectivity index (χ1v) is 13.2. The van der Waals surface area contributed by atoms with Crippen molar-refractivity contribution in [2.45, 2.75) is 91.1 Å². The SMILES string of the molecule is CO[C@@H]1C[C@H]2[C@@H]3CC[C@H]([C@H](C)CCc4cnccn4)[C@@]3(C)CC[C@@H]2[C@@]2(C)CC[C@@H]3CC312. The number of fused-ring (bicyclic) bond motifs is 4. The summed E-state index contributed by atoms with van der Waals surface area (Å²) in [5.74, 6) is 5.40. The molecule has 1 aromatic heterocycles. The van der Waals surface area contributed by atoms with Gasteiger partial charge in [-0.25, -0.2) is 0 Å². The fraction of sp³-hybridized carbons (Fsp3) is 0.857. The second-order valence-corrected chi connectivity index (χ2v) is 12.7. The van der Waals surface area contributed by atoms with E-state index in [2.05, 4.69) is 30.7 Å². The molecule has 5 saturated carbocycles. The Balaban J connectivity index is 1.22. The average Bonchev–Trinajstić information content (AvgIpc) is 3.29. The average molecular weight is 423 g/mol. The summed E-state index contributed by atoms with van der Waals surface area (Å²) in [7, 11) is 2.02. The number of nitrogens with zero attached hydrogens (tertiary/aromatic N) is 2. The van der Waals surface area contributed by atoms with Crippen molar-refractivity contribution in [3.63, 3.8) is 0 Å². The van der Waals surface area contributed by atoms with E-state index in [9.17, 15) is 0 Å². The van der Waals surface area contributed by atoms with Crippen molar-refractivity contribution in [2.24, 2.45) is 51.8 Å². The fourth-order valence-electron chi connectivity index (χ4n) is 10.6. The quantitative estimate of drug-likeness (QED) is 0.556. The number of methoxy groups -OCH3 is 1. The van der Waals surface area contributed by atoms with Crippen molar-refractivity contribution >= 4 is 0 Å². The summed E-state index contributed by atoms with van der Waals surface area (Å²) in [6.45, 7) is 7.91. The predicted molar refractivity (Wildman–Crippen MR) is 123 cm³/mol. The summed E-state index contributed by atoms with van der Waals surface area (Å²) in [5.41, 5.74) is 2.80. The van der Waals surface area contributed by atoms with Crippen LogP contribution in [0.15, 0.2) is 18.6 Å². The molecule has 0 bridgehead atoms. The zero-order valence-electron chi connectivity index (χ0n) is 20.1. The number of rotatable bonds is 5. The van der Waals surface area contributed by atoms with E-state index >= 15 is 0 Å². The highest BCUT2D eigenvalue weighted by Gasteiger charge is 2.77. The maximum atomic E-state index is 6.29. The molecule has 170 valence electrons. The van der Waals surface area contributed by atoms with Gasteiger partial charge in [-0.3, -0.25) is 9.97 Å². The highest BCUT2D eigenvalue weighted by Crippen LogP contribution is 2.82. The van der Waals surface area contributed by atoms with E-state index in [1.165, 1.54) is 57.8 Å². The molecule has 1 aromatic rings. The third-order valence-electron chi connectivity index (χ3n) is 12.1. The summed E-state index contributed by atoms with van der Waals surface area (Å²) in [5, 5.41) is 0. The van der Waals surface area contributed by atoms with Gasteiger partial charge in [0.05, 0.1) is 11.8 Å². The molecule has 1 spiro atoms. The number of hydrogen-bond donors (Lipinski definition) is 0. The van der Waals surface area contributed by atoms with Crippen molar-refractivity contribution in [2.75, 3.05) is 7.11 Å². The highest BCUT2D eigenvalue weighted by atomic mass is 16.5. The van der Waals surface area contributed by atoms with Gasteiger partial charge in [0.1, 0.15) is 0 Å². The van der Waals surface area contributed by atoms with Gasteiger partial charge in [0.15, 0.2) is 0 Å². The van der Waals surface area contributed by atoms with Crippen LogP contribution in [0.2, 0.25) is 0 Å². The minimum absolute atomic E-state index is 0.529. The van der Waals surface area contributed by atoms with Crippen LogP contribution in [0.1, 0.15) is 84.3 Å². The molecule has 5 aliphatic rings. The second-order valence-electron chi connectivity index (χ2n) is 12.7. The van der Waals surface area contributed by atoms with Crippen LogP contribution in [-0.2, 0) is 11.2 Å². The van der Waals surface area contributed by atoms with Gasteiger partial charge in [0, 0.05) is 31.1 Å². The van der Waals surface area contributed by atoms with Crippen LogP contribution in [-0.4, -0.2) is 23.2 Å². The second kappa shape index (κ2) is 7.02. The van der Waals surface area contributed by atoms with Gasteiger partial charge in [-0.1, -0.05) is 20.8 Å². The van der Waals surface area contributed by atoms with Gasteiger partial charge in [-0.2, -0.15) is 0 Å². The zero-order chi connectivity index (χ0) is 21.4. The normalized spacial score (nSPS) is 50.8. The van der Waals surface area contributed by atoms with E-state index in [4.69, 9.17) is 4.74 Å². The molecular formula is C28H42N2O. The van der Waals surface area contributed by atoms with Gasteiger partial charge in [-0.05, 0) is 111 Å². The van der Waals surface area contributed by atoms with E-state index in [1.54, 1.807) is 6.20 Å². The van der Waals surface area contributed by atoms with Crippen molar-refractivity contribution in [3.05, 3.63) is 24.3 Å². The molecule has 10 atom stereocenters. The number of aromatic nitrogens is 2. The lowest BCUT2D eigenvalue weighted by Crippen LogP contribution is -2.57. The first-order chi connectivity index (χ1) is 14.9. The highest BCUT2D eigenvalue weighted by molar-refractivity contribution is 5.26. The summed E-state index contributed by atoms with van der Waals surface area (Å²) < 4.78 is 6.29. The molecule has 1 heterocycles. The Hall–Kier alpha value is -0.960. The molecule has 3 nitrogen and oxygen atoms in total. The first kappa shape index (κ1) is 20.6. The maximum Gasteiger partial charge on any atom is 0.0638 e. The van der Waals surface area contributed by atoms with Crippen LogP contribution in [0.3, 0.4) is 0 Å². The van der Waals surface area contributed by atoms with Crippen LogP contribution in [0, 0.1) is 51.8 Å². The number of aryl methyl sites for hydroxylation is 1. The fourth-order valence-corrected chi connectivity index (χ4v) is 10.6. The van der Waals surface area contributed by atoms with Gasteiger partial charge in [-0.15, -0.1) is 0 Å². The molecule has 0 radical (unpaired) electrons. The lowest BCUT2D eigenvalue weighted by atomic mass is 9.45. The molecule has 0 aromatic carbocycles. The molecule has 31 heavy (non-hydrogen) atoms. The van der Waals surface area contributed by atoms with Crippen molar-refractivity contribution in [3.8, 4) is 0 Å². The Morgan fingerprint density at radius 3 is 2.71 bits per heavy atom. The third kappa shape index (κ3) is 2.68. The topological polar surface area (TPSA) is 35.0 Å². The lowest BCUT2D eigenvalue weighted by molar-refractivity contribution is -0.161. The van der Waals surface area contributed by atoms with Crippen molar-refractivity contribution in [1.82, 2.24) is 9.97 Å². The van der Waals surface area contributed by atoms with Crippen molar-refractivity contribution < 1.29 is 4.74 Å². The number of hydrogen-bond acceptors (Lipinski definition) is 3. The number of ether oxygens (including phenoxy) is 1. The van der Waals surface area contributed by atoms with Crippen molar-refractivity contribution in [1.29, 1.82) is 0 Å². The van der Waals surface area contributed by atoms with Crippen LogP contribution in [0.25, 0.3) is 0 Å². The zero-order valence-corrected chi connectivity index (χ0v) is 20.1. The molecule has 5 fully saturated rings. The van der Waals surface area contributed by atoms with Gasteiger partial charge < -0.3 is 4.74 Å². The summed E-state index contributed by atoms with van der Waals surface area (Å²) in [6.07, 6.45) is 20.0. The van der Waals surface area contributed by atoms with Crippen LogP contribution in [0.5, 0.6) is 0 Å². The Kier molecular flexibility index (Phi) is 4.67. The van der Waals surface area contributed by atoms with E-state index in [1.807, 2.05) is 19.5 Å². The largest absolute Gasteiger partial charge is 0.381 e. The lowest BCUT2D eigenvalue weighted by Gasteiger charge is -2.61. The van der Waals surface area contributed by atoms with E-state index in [0.717, 1.165) is 47.6 Å². The van der Waals surface area contributed by atoms with Gasteiger partial charge in [0.2, 0.25) is 0 Å². The molecule has 0 aliphatic heterocycles. The van der Waals surface area contributed by atoms with Gasteiger partial charge >= 0.3 is 0 Å². The van der Waals surface area contributed by atoms with Gasteiger partial charge in [0.25, 0.3) is 0 Å². The Bertz CT molecular complexity index is 828. The monoisotopic (exact) mass is 422 g/mol. The first-order valence-electron chi connectivity index (χ1n) is 13.2. The van der Waals surface area contributed by atoms with Crippen LogP contribution in [0.4, 0.5) is 0 Å². The van der Waals surface area contributed by atoms with E-state index < -0.39 is 0 Å². The molecule has 0 N–H and O–H groups in total. The molecule has 6 rings (SSSR count). The molecule has 3 heteroatoms. The molecule has 0 saturated heterocycles. The van der Waals surface area contributed by atoms with Crippen LogP contribution >= 0.6 is 0 Å². The molecular weight excluding hydrogens is 380 g/mol. The van der Waals surface area contributed by atoms with E-state index in [0.29, 0.717) is 22.3 Å². The molecule has 5 aliphatic carbocycles. The third-order valence-corrected chi connectivity index (χ3v) is 12.1. The molecule has 1 unspecified atom stereocenters. The standard InChI is InChI=1S/C28H42N2O/c1-18(5-6-20-17-29-13-14-30-20)22-7-8-23-21-15-25(31-4)28-16-19(28)9-12-27(28,3)24(21)10-11-26(22,23)2/h13-14,17-19,21-25H,5-12,15-16H2,1-4H3/t18-,19-,21+,22-,23+,24+,25-,26-,27-,28?/m1/s1. The maximum absolute atomic E-state index is 6.29. The Labute approximate surface area is 189 Å². The Morgan fingerprint density at radius 2 is 1.97 bits per heavy atom. The minimum atomic E-state index is 0.529. The summed E-state index contributed by atoms with van der Waals surface area (Å²) >= 11 is 0. The van der Waals surface area contributed by atoms with E-state index in [-0.39, 0.29) is 0 Å². The summed E-state index contributed by atoms with van der Waals surface area (Å²) in [6, 6.07) is 0. The molecule has 0 amide bonds. The Morgan fingerprint density at radius 1 is 1.10 bits per heavy atom. The smallest absolute Gasteiger partial charge is 0.0638 e. The van der Waals surface area contributed by atoms with Crippen LogP contribution < -0.4 is 0 Å². The summed E-state index contributed by atoms with van der Waals surface area (Å²) in [4.78, 5) is 8.79. The predicted octanol–water partition coefficient (Wildman–Crippen LogP) is 6.33. The minimum Gasteiger partial charge on any atom is -0.381 e.